The maximum absolute atomic E-state index is 12.6. The predicted octanol–water partition coefficient (Wildman–Crippen LogP) is 3.50. The summed E-state index contributed by atoms with van der Waals surface area (Å²) in [4.78, 5) is 0.124. The van der Waals surface area contributed by atoms with Crippen molar-refractivity contribution < 1.29 is 8.42 Å². The summed E-state index contributed by atoms with van der Waals surface area (Å²) in [5.74, 6) is 0. The van der Waals surface area contributed by atoms with Crippen LogP contribution in [-0.4, -0.2) is 25.8 Å². The van der Waals surface area contributed by atoms with E-state index in [0.717, 1.165) is 12.8 Å². The zero-order valence-corrected chi connectivity index (χ0v) is 14.1. The van der Waals surface area contributed by atoms with E-state index in [1.807, 2.05) is 13.8 Å². The molecular weight excluding hydrogens is 352 g/mol. The molecule has 0 saturated heterocycles. The first-order valence-corrected chi connectivity index (χ1v) is 8.70. The summed E-state index contributed by atoms with van der Waals surface area (Å²) in [6, 6.07) is 2.95. The Morgan fingerprint density at radius 3 is 2.26 bits per heavy atom. The molecular formula is C12H18BrClN2O2S. The van der Waals surface area contributed by atoms with Crippen LogP contribution in [0.2, 0.25) is 5.02 Å². The molecule has 0 unspecified atom stereocenters. The lowest BCUT2D eigenvalue weighted by Gasteiger charge is -2.22. The summed E-state index contributed by atoms with van der Waals surface area (Å²) < 4.78 is 27.1. The topological polar surface area (TPSA) is 63.4 Å². The van der Waals surface area contributed by atoms with Gasteiger partial charge in [0.1, 0.15) is 0 Å². The highest BCUT2D eigenvalue weighted by Gasteiger charge is 2.26. The van der Waals surface area contributed by atoms with E-state index in [4.69, 9.17) is 17.3 Å². The maximum Gasteiger partial charge on any atom is 0.244 e. The van der Waals surface area contributed by atoms with Crippen molar-refractivity contribution in [3.05, 3.63) is 21.6 Å². The van der Waals surface area contributed by atoms with Gasteiger partial charge in [0.15, 0.2) is 0 Å². The zero-order chi connectivity index (χ0) is 14.6. The Labute approximate surface area is 128 Å². The molecule has 0 bridgehead atoms. The van der Waals surface area contributed by atoms with Gasteiger partial charge in [-0.3, -0.25) is 0 Å². The van der Waals surface area contributed by atoms with Gasteiger partial charge in [-0.05, 0) is 40.9 Å². The highest BCUT2D eigenvalue weighted by Crippen LogP contribution is 2.33. The van der Waals surface area contributed by atoms with Gasteiger partial charge in [-0.25, -0.2) is 8.42 Å². The number of anilines is 1. The Morgan fingerprint density at radius 1 is 1.26 bits per heavy atom. The molecule has 2 N–H and O–H groups in total. The molecule has 4 nitrogen and oxygen atoms in total. The molecule has 0 heterocycles. The highest BCUT2D eigenvalue weighted by atomic mass is 79.9. The average Bonchev–Trinajstić information content (AvgIpc) is 2.33. The molecule has 0 atom stereocenters. The number of benzene rings is 1. The van der Waals surface area contributed by atoms with Gasteiger partial charge in [0.2, 0.25) is 10.0 Å². The number of halogens is 2. The summed E-state index contributed by atoms with van der Waals surface area (Å²) in [5.41, 5.74) is 6.07. The minimum Gasteiger partial charge on any atom is -0.398 e. The predicted molar refractivity (Wildman–Crippen MR) is 82.9 cm³/mol. The monoisotopic (exact) mass is 368 g/mol. The van der Waals surface area contributed by atoms with Gasteiger partial charge in [0, 0.05) is 23.8 Å². The maximum atomic E-state index is 12.6. The molecule has 1 aromatic carbocycles. The van der Waals surface area contributed by atoms with Crippen LogP contribution in [0.25, 0.3) is 0 Å². The third kappa shape index (κ3) is 3.84. The normalized spacial score (nSPS) is 12.1. The molecule has 0 aliphatic heterocycles. The van der Waals surface area contributed by atoms with Crippen LogP contribution in [0.3, 0.4) is 0 Å². The highest BCUT2D eigenvalue weighted by molar-refractivity contribution is 9.10. The molecule has 0 spiro atoms. The lowest BCUT2D eigenvalue weighted by atomic mass is 10.3. The van der Waals surface area contributed by atoms with E-state index in [1.54, 1.807) is 0 Å². The molecule has 1 aromatic rings. The Bertz CT molecular complexity index is 543. The van der Waals surface area contributed by atoms with Crippen LogP contribution in [0.5, 0.6) is 0 Å². The first-order valence-electron chi connectivity index (χ1n) is 6.09. The van der Waals surface area contributed by atoms with Gasteiger partial charge >= 0.3 is 0 Å². The van der Waals surface area contributed by atoms with Gasteiger partial charge in [-0.1, -0.05) is 25.4 Å². The van der Waals surface area contributed by atoms with Crippen molar-refractivity contribution in [2.45, 2.75) is 31.6 Å². The van der Waals surface area contributed by atoms with E-state index in [-0.39, 0.29) is 4.90 Å². The minimum absolute atomic E-state index is 0.124. The first-order chi connectivity index (χ1) is 8.84. The van der Waals surface area contributed by atoms with Crippen LogP contribution in [-0.2, 0) is 10.0 Å². The van der Waals surface area contributed by atoms with Gasteiger partial charge in [0.25, 0.3) is 0 Å². The van der Waals surface area contributed by atoms with Gasteiger partial charge in [-0.15, -0.1) is 0 Å². The quantitative estimate of drug-likeness (QED) is 0.781. The summed E-state index contributed by atoms with van der Waals surface area (Å²) in [6.45, 7) is 4.85. The Morgan fingerprint density at radius 2 is 1.79 bits per heavy atom. The molecule has 19 heavy (non-hydrogen) atoms. The van der Waals surface area contributed by atoms with E-state index >= 15 is 0 Å². The number of nitrogens with zero attached hydrogens (tertiary/aromatic N) is 1. The van der Waals surface area contributed by atoms with Crippen molar-refractivity contribution in [3.8, 4) is 0 Å². The van der Waals surface area contributed by atoms with E-state index in [0.29, 0.717) is 28.3 Å². The van der Waals surface area contributed by atoms with Gasteiger partial charge in [-0.2, -0.15) is 4.31 Å². The molecule has 0 amide bonds. The Kier molecular flexibility index (Phi) is 6.11. The minimum atomic E-state index is -3.58. The molecule has 7 heteroatoms. The van der Waals surface area contributed by atoms with E-state index in [9.17, 15) is 8.42 Å². The second kappa shape index (κ2) is 6.92. The van der Waals surface area contributed by atoms with E-state index in [1.165, 1.54) is 16.4 Å². The number of nitrogens with two attached hydrogens (primary N) is 1. The van der Waals surface area contributed by atoms with Gasteiger partial charge < -0.3 is 5.73 Å². The van der Waals surface area contributed by atoms with Crippen LogP contribution in [0.1, 0.15) is 26.7 Å². The number of nitrogen functional groups attached to an aromatic ring is 1. The zero-order valence-electron chi connectivity index (χ0n) is 11.0. The second-order valence-electron chi connectivity index (χ2n) is 4.21. The second-order valence-corrected chi connectivity index (χ2v) is 7.35. The van der Waals surface area contributed by atoms with Crippen molar-refractivity contribution in [2.75, 3.05) is 18.8 Å². The molecule has 0 aromatic heterocycles. The van der Waals surface area contributed by atoms with Crippen LogP contribution in [0, 0.1) is 0 Å². The van der Waals surface area contributed by atoms with Gasteiger partial charge in [0.05, 0.1) is 9.37 Å². The molecule has 0 aliphatic rings. The number of sulfonamides is 1. The van der Waals surface area contributed by atoms with Crippen LogP contribution >= 0.6 is 27.5 Å². The SMILES string of the molecule is CCCN(CCC)S(=O)(=O)c1cc(Cl)cc(N)c1Br. The summed E-state index contributed by atoms with van der Waals surface area (Å²) in [7, 11) is -3.58. The smallest absolute Gasteiger partial charge is 0.244 e. The van der Waals surface area contributed by atoms with Crippen LogP contribution < -0.4 is 5.73 Å². The Balaban J connectivity index is 3.32. The third-order valence-corrected chi connectivity index (χ3v) is 5.88. The van der Waals surface area contributed by atoms with Crippen molar-refractivity contribution in [1.82, 2.24) is 4.31 Å². The van der Waals surface area contributed by atoms with E-state index in [2.05, 4.69) is 15.9 Å². The van der Waals surface area contributed by atoms with Crippen LogP contribution in [0.15, 0.2) is 21.5 Å². The fourth-order valence-electron chi connectivity index (χ4n) is 1.76. The molecule has 0 saturated carbocycles. The third-order valence-electron chi connectivity index (χ3n) is 2.60. The Hall–Kier alpha value is -0.300. The van der Waals surface area contributed by atoms with Crippen molar-refractivity contribution >= 4 is 43.2 Å². The molecule has 0 aliphatic carbocycles. The number of rotatable bonds is 6. The van der Waals surface area contributed by atoms with E-state index < -0.39 is 10.0 Å². The lowest BCUT2D eigenvalue weighted by Crippen LogP contribution is -2.32. The van der Waals surface area contributed by atoms with Crippen LogP contribution in [0.4, 0.5) is 5.69 Å². The fourth-order valence-corrected chi connectivity index (χ4v) is 4.64. The molecule has 0 fully saturated rings. The first kappa shape index (κ1) is 16.8. The summed E-state index contributed by atoms with van der Waals surface area (Å²) in [5, 5.41) is 0.312. The molecule has 108 valence electrons. The lowest BCUT2D eigenvalue weighted by molar-refractivity contribution is 0.409. The average molecular weight is 370 g/mol. The van der Waals surface area contributed by atoms with Crippen molar-refractivity contribution in [3.63, 3.8) is 0 Å². The fraction of sp³-hybridized carbons (Fsp3) is 0.500. The largest absolute Gasteiger partial charge is 0.398 e. The molecule has 1 rings (SSSR count). The van der Waals surface area contributed by atoms with Crippen molar-refractivity contribution in [2.24, 2.45) is 0 Å². The standard InChI is InChI=1S/C12H18BrClN2O2S/c1-3-5-16(6-4-2)19(17,18)11-8-9(14)7-10(15)12(11)13/h7-8H,3-6,15H2,1-2H3. The van der Waals surface area contributed by atoms with Crippen molar-refractivity contribution in [1.29, 1.82) is 0 Å². The number of hydrogen-bond acceptors (Lipinski definition) is 3. The summed E-state index contributed by atoms with van der Waals surface area (Å²) in [6.07, 6.45) is 1.51. The molecule has 0 radical (unpaired) electrons. The summed E-state index contributed by atoms with van der Waals surface area (Å²) >= 11 is 9.13. The number of hydrogen-bond donors (Lipinski definition) is 1.